The molecule has 0 bridgehead atoms. The number of nitrogens with one attached hydrogen (secondary N) is 3. The molecule has 29 heavy (non-hydrogen) atoms. The summed E-state index contributed by atoms with van der Waals surface area (Å²) in [5.41, 5.74) is 6.53. The molecular weight excluding hydrogens is 421 g/mol. The quantitative estimate of drug-likeness (QED) is 0.351. The molecule has 0 aliphatic heterocycles. The van der Waals surface area contributed by atoms with Crippen LogP contribution in [0.1, 0.15) is 46.2 Å². The lowest BCUT2D eigenvalue weighted by atomic mass is 9.97. The third-order valence-corrected chi connectivity index (χ3v) is 3.88. The maximum atomic E-state index is 12.4. The molecule has 0 aromatic carbocycles. The molecular formula is C18H33Cl2N5O4. The first-order valence-corrected chi connectivity index (χ1v) is 9.15. The smallest absolute Gasteiger partial charge is 0.257 e. The van der Waals surface area contributed by atoms with Crippen LogP contribution in [0.15, 0.2) is 12.5 Å². The Balaban J connectivity index is 0. The van der Waals surface area contributed by atoms with Gasteiger partial charge in [-0.3, -0.25) is 19.7 Å². The normalized spacial score (nSPS) is 13.7. The summed E-state index contributed by atoms with van der Waals surface area (Å²) in [4.78, 5) is 43.1. The average molecular weight is 454 g/mol. The Morgan fingerprint density at radius 2 is 1.76 bits per heavy atom. The zero-order valence-electron chi connectivity index (χ0n) is 17.2. The van der Waals surface area contributed by atoms with Crippen LogP contribution in [-0.2, 0) is 20.8 Å². The maximum Gasteiger partial charge on any atom is 0.257 e. The molecule has 0 saturated carbocycles. The molecule has 11 heteroatoms. The maximum absolute atomic E-state index is 12.4. The predicted octanol–water partition coefficient (Wildman–Crippen LogP) is 0.704. The first-order chi connectivity index (χ1) is 12.6. The largest absolute Gasteiger partial charge is 0.381 e. The summed E-state index contributed by atoms with van der Waals surface area (Å²) in [6.45, 7) is 7.50. The first kappa shape index (κ1) is 29.5. The highest BCUT2D eigenvalue weighted by atomic mass is 35.5. The van der Waals surface area contributed by atoms with Crippen molar-refractivity contribution in [3.63, 3.8) is 0 Å². The Morgan fingerprint density at radius 3 is 2.24 bits per heavy atom. The van der Waals surface area contributed by atoms with Crippen LogP contribution in [0, 0.1) is 11.8 Å². The van der Waals surface area contributed by atoms with Crippen LogP contribution in [0.5, 0.6) is 0 Å². The topological polar surface area (TPSA) is 150 Å². The molecule has 2 unspecified atom stereocenters. The van der Waals surface area contributed by atoms with E-state index in [9.17, 15) is 19.5 Å². The number of nitrogens with zero attached hydrogens (tertiary/aromatic N) is 1. The minimum atomic E-state index is -1.55. The Hall–Kier alpha value is -1.68. The molecule has 0 fully saturated rings. The summed E-state index contributed by atoms with van der Waals surface area (Å²) in [6, 6.07) is -1.73. The molecule has 0 radical (unpaired) electrons. The number of amides is 3. The Morgan fingerprint density at radius 1 is 1.14 bits per heavy atom. The number of halogens is 2. The minimum Gasteiger partial charge on any atom is -0.381 e. The van der Waals surface area contributed by atoms with Crippen molar-refractivity contribution in [1.29, 1.82) is 0 Å². The number of hydrogen-bond donors (Lipinski definition) is 5. The van der Waals surface area contributed by atoms with Gasteiger partial charge in [0.25, 0.3) is 5.91 Å². The monoisotopic (exact) mass is 453 g/mol. The predicted molar refractivity (Wildman–Crippen MR) is 115 cm³/mol. The molecule has 0 aliphatic carbocycles. The summed E-state index contributed by atoms with van der Waals surface area (Å²) in [5, 5.41) is 15.2. The van der Waals surface area contributed by atoms with Gasteiger partial charge in [0.1, 0.15) is 0 Å². The van der Waals surface area contributed by atoms with E-state index in [4.69, 9.17) is 5.73 Å². The van der Waals surface area contributed by atoms with Gasteiger partial charge in [-0.05, 0) is 18.3 Å². The Kier molecular flexibility index (Phi) is 14.6. The number of carbonyl (C=O) groups excluding carboxylic acids is 3. The van der Waals surface area contributed by atoms with Gasteiger partial charge in [0.15, 0.2) is 6.10 Å². The lowest BCUT2D eigenvalue weighted by molar-refractivity contribution is -0.137. The van der Waals surface area contributed by atoms with E-state index in [1.165, 1.54) is 6.33 Å². The number of aliphatic hydroxyl groups excluding tert-OH is 1. The number of hydrogen-bond acceptors (Lipinski definition) is 6. The van der Waals surface area contributed by atoms with E-state index < -0.39 is 35.9 Å². The second-order valence-electron chi connectivity index (χ2n) is 7.57. The van der Waals surface area contributed by atoms with E-state index >= 15 is 0 Å². The molecule has 0 spiro atoms. The lowest BCUT2D eigenvalue weighted by Gasteiger charge is -2.26. The van der Waals surface area contributed by atoms with Crippen LogP contribution in [-0.4, -0.2) is 51.0 Å². The van der Waals surface area contributed by atoms with Gasteiger partial charge in [-0.25, -0.2) is 4.98 Å². The SMILES string of the molecule is CC(C)CC(=O)NC(=O)C(O)C(CC(C)C)NC(=O)[C@@H](N)Cc1c[nH]cn1.Cl.Cl. The van der Waals surface area contributed by atoms with Crippen molar-refractivity contribution in [2.45, 2.75) is 65.1 Å². The molecule has 0 saturated heterocycles. The number of aliphatic hydroxyl groups is 1. The summed E-state index contributed by atoms with van der Waals surface area (Å²) >= 11 is 0. The van der Waals surface area contributed by atoms with Crippen LogP contribution in [0.2, 0.25) is 0 Å². The fourth-order valence-electron chi connectivity index (χ4n) is 2.60. The van der Waals surface area contributed by atoms with Gasteiger partial charge in [0.2, 0.25) is 11.8 Å². The molecule has 1 rings (SSSR count). The van der Waals surface area contributed by atoms with Gasteiger partial charge in [0, 0.05) is 19.0 Å². The van der Waals surface area contributed by atoms with Gasteiger partial charge in [0.05, 0.1) is 24.1 Å². The molecule has 1 aromatic rings. The standard InChI is InChI=1S/C18H31N5O4.2ClH/c1-10(2)5-14(16(25)18(27)23-15(24)6-11(3)4)22-17(26)13(19)7-12-8-20-9-21-12;;/h8-11,13-14,16,25H,5-7,19H2,1-4H3,(H,20,21)(H,22,26)(H,23,24,27);2*1H/t13-,14?,16?;;/m0../s1. The number of rotatable bonds is 10. The van der Waals surface area contributed by atoms with Crippen molar-refractivity contribution in [1.82, 2.24) is 20.6 Å². The summed E-state index contributed by atoms with van der Waals surface area (Å²) in [5.74, 6) is -1.59. The van der Waals surface area contributed by atoms with Crippen molar-refractivity contribution < 1.29 is 19.5 Å². The van der Waals surface area contributed by atoms with E-state index in [1.54, 1.807) is 6.20 Å². The summed E-state index contributed by atoms with van der Waals surface area (Å²) in [6.07, 6.45) is 2.33. The molecule has 3 atom stereocenters. The van der Waals surface area contributed by atoms with Crippen molar-refractivity contribution in [2.24, 2.45) is 17.6 Å². The van der Waals surface area contributed by atoms with Gasteiger partial charge < -0.3 is 21.1 Å². The number of aromatic amines is 1. The van der Waals surface area contributed by atoms with Crippen molar-refractivity contribution in [3.8, 4) is 0 Å². The zero-order chi connectivity index (χ0) is 20.6. The van der Waals surface area contributed by atoms with E-state index in [1.807, 2.05) is 27.7 Å². The lowest BCUT2D eigenvalue weighted by Crippen LogP contribution is -2.55. The third-order valence-electron chi connectivity index (χ3n) is 3.88. The molecule has 6 N–H and O–H groups in total. The van der Waals surface area contributed by atoms with Gasteiger partial charge >= 0.3 is 0 Å². The fourth-order valence-corrected chi connectivity index (χ4v) is 2.60. The van der Waals surface area contributed by atoms with E-state index in [0.717, 1.165) is 0 Å². The van der Waals surface area contributed by atoms with Gasteiger partial charge in [-0.15, -0.1) is 24.8 Å². The Bertz CT molecular complexity index is 626. The number of aromatic nitrogens is 2. The number of H-pyrrole nitrogens is 1. The van der Waals surface area contributed by atoms with E-state index in [0.29, 0.717) is 12.1 Å². The number of imide groups is 1. The third kappa shape index (κ3) is 11.2. The fraction of sp³-hybridized carbons (Fsp3) is 0.667. The highest BCUT2D eigenvalue weighted by molar-refractivity contribution is 5.97. The number of imidazole rings is 1. The molecule has 1 heterocycles. The highest BCUT2D eigenvalue weighted by Crippen LogP contribution is 2.10. The molecule has 3 amide bonds. The van der Waals surface area contributed by atoms with Gasteiger partial charge in [-0.2, -0.15) is 0 Å². The van der Waals surface area contributed by atoms with E-state index in [-0.39, 0.29) is 49.5 Å². The molecule has 9 nitrogen and oxygen atoms in total. The van der Waals surface area contributed by atoms with Crippen molar-refractivity contribution >= 4 is 42.5 Å². The first-order valence-electron chi connectivity index (χ1n) is 9.15. The second-order valence-corrected chi connectivity index (χ2v) is 7.57. The average Bonchev–Trinajstić information content (AvgIpc) is 3.04. The van der Waals surface area contributed by atoms with Crippen LogP contribution < -0.4 is 16.4 Å². The van der Waals surface area contributed by atoms with Crippen LogP contribution >= 0.6 is 24.8 Å². The zero-order valence-corrected chi connectivity index (χ0v) is 18.8. The van der Waals surface area contributed by atoms with Gasteiger partial charge in [-0.1, -0.05) is 27.7 Å². The van der Waals surface area contributed by atoms with Crippen LogP contribution in [0.25, 0.3) is 0 Å². The van der Waals surface area contributed by atoms with Crippen molar-refractivity contribution in [2.75, 3.05) is 0 Å². The second kappa shape index (κ2) is 14.3. The minimum absolute atomic E-state index is 0. The van der Waals surface area contributed by atoms with Crippen LogP contribution in [0.4, 0.5) is 0 Å². The number of carbonyl (C=O) groups is 3. The summed E-state index contributed by atoms with van der Waals surface area (Å²) in [7, 11) is 0. The number of nitrogens with two attached hydrogens (primary N) is 1. The van der Waals surface area contributed by atoms with Crippen molar-refractivity contribution in [3.05, 3.63) is 18.2 Å². The highest BCUT2D eigenvalue weighted by Gasteiger charge is 2.30. The molecule has 168 valence electrons. The Labute approximate surface area is 183 Å². The molecule has 1 aromatic heterocycles. The summed E-state index contributed by atoms with van der Waals surface area (Å²) < 4.78 is 0. The molecule has 0 aliphatic rings. The van der Waals surface area contributed by atoms with E-state index in [2.05, 4.69) is 20.6 Å². The van der Waals surface area contributed by atoms with Crippen LogP contribution in [0.3, 0.4) is 0 Å².